The van der Waals surface area contributed by atoms with E-state index < -0.39 is 11.4 Å². The van der Waals surface area contributed by atoms with Crippen LogP contribution in [0.25, 0.3) is 0 Å². The molecule has 5 fully saturated rings. The SMILES string of the molecule is CC(=O)OC1([C@H]2CC[C@]3(C)[C@@H]4[C@H](C[C@H]3[C@H]2CO)O[C@]2(CC[C@@H](C)CO2)[C@H]4C)CCC(C)CC1. The fourth-order valence-electron chi connectivity index (χ4n) is 9.30. The first-order valence-electron chi connectivity index (χ1n) is 13.8. The Morgan fingerprint density at radius 2 is 1.70 bits per heavy atom. The van der Waals surface area contributed by atoms with Gasteiger partial charge in [0.25, 0.3) is 0 Å². The Balaban J connectivity index is 1.40. The zero-order chi connectivity index (χ0) is 23.6. The summed E-state index contributed by atoms with van der Waals surface area (Å²) in [5.74, 6) is 2.39. The molecule has 2 heterocycles. The van der Waals surface area contributed by atoms with Crippen LogP contribution < -0.4 is 0 Å². The Bertz CT molecular complexity index is 735. The zero-order valence-corrected chi connectivity index (χ0v) is 21.5. The molecule has 0 amide bonds. The van der Waals surface area contributed by atoms with Crippen LogP contribution in [0.4, 0.5) is 0 Å². The molecule has 0 bridgehead atoms. The minimum atomic E-state index is -0.403. The molecule has 0 aromatic rings. The summed E-state index contributed by atoms with van der Waals surface area (Å²) >= 11 is 0. The average molecular weight is 463 g/mol. The van der Waals surface area contributed by atoms with E-state index in [1.165, 1.54) is 6.42 Å². The van der Waals surface area contributed by atoms with Gasteiger partial charge in [-0.15, -0.1) is 0 Å². The highest BCUT2D eigenvalue weighted by atomic mass is 16.7. The van der Waals surface area contributed by atoms with Crippen LogP contribution in [0.1, 0.15) is 92.4 Å². The van der Waals surface area contributed by atoms with Crippen molar-refractivity contribution < 1.29 is 24.1 Å². The summed E-state index contributed by atoms with van der Waals surface area (Å²) in [5.41, 5.74) is -0.260. The molecule has 1 N–H and O–H groups in total. The van der Waals surface area contributed by atoms with E-state index in [2.05, 4.69) is 27.7 Å². The molecule has 5 heteroatoms. The van der Waals surface area contributed by atoms with E-state index in [0.717, 1.165) is 58.0 Å². The molecule has 188 valence electrons. The summed E-state index contributed by atoms with van der Waals surface area (Å²) in [7, 11) is 0. The van der Waals surface area contributed by atoms with Crippen molar-refractivity contribution in [3.05, 3.63) is 0 Å². The van der Waals surface area contributed by atoms with Gasteiger partial charge in [-0.25, -0.2) is 0 Å². The molecular weight excluding hydrogens is 416 g/mol. The number of esters is 1. The van der Waals surface area contributed by atoms with Crippen LogP contribution >= 0.6 is 0 Å². The Labute approximate surface area is 200 Å². The van der Waals surface area contributed by atoms with Gasteiger partial charge in [-0.1, -0.05) is 27.7 Å². The van der Waals surface area contributed by atoms with E-state index in [1.54, 1.807) is 6.92 Å². The summed E-state index contributed by atoms with van der Waals surface area (Å²) in [6.07, 6.45) is 9.63. The van der Waals surface area contributed by atoms with Crippen molar-refractivity contribution >= 4 is 5.97 Å². The third-order valence-electron chi connectivity index (χ3n) is 11.1. The number of rotatable bonds is 3. The van der Waals surface area contributed by atoms with Gasteiger partial charge < -0.3 is 19.3 Å². The lowest BCUT2D eigenvalue weighted by Gasteiger charge is -2.55. The third-order valence-corrected chi connectivity index (χ3v) is 11.1. The van der Waals surface area contributed by atoms with Gasteiger partial charge in [-0.2, -0.15) is 0 Å². The highest BCUT2D eigenvalue weighted by Gasteiger charge is 2.68. The molecule has 0 radical (unpaired) electrons. The molecule has 3 saturated carbocycles. The predicted octanol–water partition coefficient (Wildman–Crippen LogP) is 5.34. The van der Waals surface area contributed by atoms with Crippen molar-refractivity contribution in [2.75, 3.05) is 13.2 Å². The predicted molar refractivity (Wildman–Crippen MR) is 126 cm³/mol. The van der Waals surface area contributed by atoms with Gasteiger partial charge in [-0.05, 0) is 86.4 Å². The number of hydrogen-bond donors (Lipinski definition) is 1. The van der Waals surface area contributed by atoms with Gasteiger partial charge in [-0.3, -0.25) is 4.79 Å². The van der Waals surface area contributed by atoms with Crippen LogP contribution in [0, 0.1) is 46.8 Å². The molecule has 5 rings (SSSR count). The van der Waals surface area contributed by atoms with Crippen molar-refractivity contribution in [1.29, 1.82) is 0 Å². The third kappa shape index (κ3) is 3.71. The summed E-state index contributed by atoms with van der Waals surface area (Å²) in [6.45, 7) is 11.9. The number of aliphatic hydroxyl groups is 1. The largest absolute Gasteiger partial charge is 0.459 e. The fourth-order valence-corrected chi connectivity index (χ4v) is 9.30. The Kier molecular flexibility index (Phi) is 6.18. The second-order valence-electron chi connectivity index (χ2n) is 12.9. The van der Waals surface area contributed by atoms with Crippen LogP contribution in [-0.4, -0.2) is 41.8 Å². The van der Waals surface area contributed by atoms with Crippen LogP contribution in [0.15, 0.2) is 0 Å². The van der Waals surface area contributed by atoms with Crippen LogP contribution in [0.2, 0.25) is 0 Å². The fraction of sp³-hybridized carbons (Fsp3) is 0.964. The van der Waals surface area contributed by atoms with Gasteiger partial charge in [0.2, 0.25) is 0 Å². The van der Waals surface area contributed by atoms with Crippen LogP contribution in [0.3, 0.4) is 0 Å². The van der Waals surface area contributed by atoms with Crippen LogP contribution in [0.5, 0.6) is 0 Å². The number of ether oxygens (including phenoxy) is 3. The normalized spacial score (nSPS) is 54.1. The first-order valence-corrected chi connectivity index (χ1v) is 13.8. The molecule has 33 heavy (non-hydrogen) atoms. The van der Waals surface area contributed by atoms with E-state index in [-0.39, 0.29) is 35.9 Å². The molecular formula is C28H46O5. The molecule has 5 aliphatic rings. The van der Waals surface area contributed by atoms with Crippen LogP contribution in [-0.2, 0) is 19.0 Å². The van der Waals surface area contributed by atoms with Crippen molar-refractivity contribution in [3.63, 3.8) is 0 Å². The standard InChI is InChI=1S/C28H46O5/c1-17-6-11-27(12-7-17,32-20(4)30)22-9-10-26(5)23(21(22)15-29)14-24-25(26)19(3)28(33-24)13-8-18(2)16-31-28/h17-19,21-25,29H,6-16H2,1-5H3/t17?,18-,19+,21+,22+,23+,24+,25+,26+,27?,28-/m1/s1. The lowest BCUT2D eigenvalue weighted by molar-refractivity contribution is -0.273. The quantitative estimate of drug-likeness (QED) is 0.574. The van der Waals surface area contributed by atoms with Gasteiger partial charge in [0.05, 0.1) is 12.7 Å². The van der Waals surface area contributed by atoms with Crippen molar-refractivity contribution in [2.24, 2.45) is 46.8 Å². The van der Waals surface area contributed by atoms with Gasteiger partial charge >= 0.3 is 5.97 Å². The number of aliphatic hydroxyl groups excluding tert-OH is 1. The molecule has 3 aliphatic carbocycles. The van der Waals surface area contributed by atoms with Crippen molar-refractivity contribution in [2.45, 2.75) is 110 Å². The lowest BCUT2D eigenvalue weighted by atomic mass is 9.52. The minimum Gasteiger partial charge on any atom is -0.459 e. The summed E-state index contributed by atoms with van der Waals surface area (Å²) in [6, 6.07) is 0. The lowest BCUT2D eigenvalue weighted by Crippen LogP contribution is -2.55. The molecule has 5 nitrogen and oxygen atoms in total. The molecule has 2 aliphatic heterocycles. The highest BCUT2D eigenvalue weighted by molar-refractivity contribution is 5.66. The average Bonchev–Trinajstić information content (AvgIpc) is 3.21. The van der Waals surface area contributed by atoms with Crippen molar-refractivity contribution in [1.82, 2.24) is 0 Å². The number of hydrogen-bond acceptors (Lipinski definition) is 5. The molecule has 0 aromatic heterocycles. The highest BCUT2D eigenvalue weighted by Crippen LogP contribution is 2.68. The Hall–Kier alpha value is -0.650. The molecule has 0 aromatic carbocycles. The molecule has 0 unspecified atom stereocenters. The molecule has 2 saturated heterocycles. The van der Waals surface area contributed by atoms with Gasteiger partial charge in [0.15, 0.2) is 5.79 Å². The first-order chi connectivity index (χ1) is 15.6. The van der Waals surface area contributed by atoms with Gasteiger partial charge in [0, 0.05) is 31.8 Å². The van der Waals surface area contributed by atoms with Crippen molar-refractivity contribution in [3.8, 4) is 0 Å². The first kappa shape index (κ1) is 24.1. The molecule has 9 atom stereocenters. The van der Waals surface area contributed by atoms with E-state index in [0.29, 0.717) is 29.6 Å². The zero-order valence-electron chi connectivity index (χ0n) is 21.5. The van der Waals surface area contributed by atoms with E-state index >= 15 is 0 Å². The topological polar surface area (TPSA) is 65.0 Å². The second-order valence-corrected chi connectivity index (χ2v) is 12.9. The number of carbonyl (C=O) groups excluding carboxylic acids is 1. The maximum absolute atomic E-state index is 12.2. The summed E-state index contributed by atoms with van der Waals surface area (Å²) in [4.78, 5) is 12.2. The monoisotopic (exact) mass is 462 g/mol. The van der Waals surface area contributed by atoms with E-state index in [1.807, 2.05) is 0 Å². The second kappa shape index (κ2) is 8.48. The Morgan fingerprint density at radius 1 is 1.00 bits per heavy atom. The van der Waals surface area contributed by atoms with E-state index in [9.17, 15) is 9.90 Å². The number of carbonyl (C=O) groups is 1. The summed E-state index contributed by atoms with van der Waals surface area (Å²) in [5, 5.41) is 10.7. The minimum absolute atomic E-state index is 0.142. The summed E-state index contributed by atoms with van der Waals surface area (Å²) < 4.78 is 19.4. The van der Waals surface area contributed by atoms with Gasteiger partial charge in [0.1, 0.15) is 5.60 Å². The smallest absolute Gasteiger partial charge is 0.303 e. The molecule has 1 spiro atoms. The maximum Gasteiger partial charge on any atom is 0.303 e. The van der Waals surface area contributed by atoms with E-state index in [4.69, 9.17) is 14.2 Å². The number of fused-ring (bicyclic) bond motifs is 3. The maximum atomic E-state index is 12.2. The Morgan fingerprint density at radius 3 is 2.30 bits per heavy atom.